The van der Waals surface area contributed by atoms with E-state index in [4.69, 9.17) is 4.74 Å². The predicted molar refractivity (Wildman–Crippen MR) is 76.6 cm³/mol. The Morgan fingerprint density at radius 2 is 2.32 bits per heavy atom. The Balaban J connectivity index is 1.85. The van der Waals surface area contributed by atoms with E-state index in [1.807, 2.05) is 32.2 Å². The maximum Gasteiger partial charge on any atom is 0.251 e. The maximum absolute atomic E-state index is 12.1. The van der Waals surface area contributed by atoms with Gasteiger partial charge in [0, 0.05) is 38.1 Å². The van der Waals surface area contributed by atoms with Gasteiger partial charge in [0.25, 0.3) is 5.91 Å². The zero-order valence-electron chi connectivity index (χ0n) is 11.7. The average Bonchev–Trinajstić information content (AvgIpc) is 2.91. The number of amides is 1. The first-order valence-corrected chi connectivity index (χ1v) is 6.85. The lowest BCUT2D eigenvalue weighted by Crippen LogP contribution is -2.26. The van der Waals surface area contributed by atoms with Gasteiger partial charge >= 0.3 is 0 Å². The van der Waals surface area contributed by atoms with E-state index in [2.05, 4.69) is 10.6 Å². The molecule has 19 heavy (non-hydrogen) atoms. The number of nitrogens with one attached hydrogen (secondary N) is 2. The highest BCUT2D eigenvalue weighted by molar-refractivity contribution is 5.96. The summed E-state index contributed by atoms with van der Waals surface area (Å²) in [5.74, 6) is 0.618. The molecule has 1 atom stereocenters. The van der Waals surface area contributed by atoms with Crippen LogP contribution in [-0.4, -0.2) is 32.7 Å². The maximum atomic E-state index is 12.1. The third kappa shape index (κ3) is 3.70. The summed E-state index contributed by atoms with van der Waals surface area (Å²) in [6, 6.07) is 5.78. The quantitative estimate of drug-likeness (QED) is 0.855. The van der Waals surface area contributed by atoms with E-state index in [1.54, 1.807) is 0 Å². The lowest BCUT2D eigenvalue weighted by atomic mass is 10.0. The fourth-order valence-corrected chi connectivity index (χ4v) is 2.37. The van der Waals surface area contributed by atoms with Gasteiger partial charge < -0.3 is 15.4 Å². The molecule has 1 fully saturated rings. The van der Waals surface area contributed by atoms with Crippen LogP contribution in [0.5, 0.6) is 0 Å². The van der Waals surface area contributed by atoms with Gasteiger partial charge in [0.2, 0.25) is 0 Å². The highest BCUT2D eigenvalue weighted by Crippen LogP contribution is 2.16. The van der Waals surface area contributed by atoms with E-state index in [9.17, 15) is 4.79 Å². The van der Waals surface area contributed by atoms with Crippen molar-refractivity contribution < 1.29 is 9.53 Å². The first-order valence-electron chi connectivity index (χ1n) is 6.85. The molecule has 1 aromatic rings. The summed E-state index contributed by atoms with van der Waals surface area (Å²) in [6.45, 7) is 4.38. The number of aryl methyl sites for hydroxylation is 1. The number of carbonyl (C=O) groups excluding carboxylic acids is 1. The normalized spacial score (nSPS) is 18.3. The standard InChI is InChI=1S/C15H22N2O2/c1-11-9-13(16-2)3-4-14(11)15(18)17-7-5-12-6-8-19-10-12/h3-4,9,12,16H,5-8,10H2,1-2H3,(H,17,18). The number of hydrogen-bond donors (Lipinski definition) is 2. The first kappa shape index (κ1) is 13.9. The summed E-state index contributed by atoms with van der Waals surface area (Å²) in [7, 11) is 1.87. The first-order chi connectivity index (χ1) is 9.20. The van der Waals surface area contributed by atoms with Gasteiger partial charge in [-0.2, -0.15) is 0 Å². The molecule has 1 aromatic carbocycles. The number of benzene rings is 1. The fraction of sp³-hybridized carbons (Fsp3) is 0.533. The van der Waals surface area contributed by atoms with Gasteiger partial charge in [-0.05, 0) is 49.4 Å². The largest absolute Gasteiger partial charge is 0.388 e. The van der Waals surface area contributed by atoms with Crippen LogP contribution in [0.2, 0.25) is 0 Å². The number of ether oxygens (including phenoxy) is 1. The summed E-state index contributed by atoms with van der Waals surface area (Å²) in [5.41, 5.74) is 2.77. The Hall–Kier alpha value is -1.55. The third-order valence-corrected chi connectivity index (χ3v) is 3.62. The van der Waals surface area contributed by atoms with Crippen LogP contribution in [0.15, 0.2) is 18.2 Å². The molecule has 104 valence electrons. The number of carbonyl (C=O) groups is 1. The van der Waals surface area contributed by atoms with Crippen LogP contribution >= 0.6 is 0 Å². The number of rotatable bonds is 5. The summed E-state index contributed by atoms with van der Waals surface area (Å²) >= 11 is 0. The molecule has 0 saturated carbocycles. The van der Waals surface area contributed by atoms with Crippen molar-refractivity contribution in [2.45, 2.75) is 19.8 Å². The molecule has 1 unspecified atom stereocenters. The molecule has 1 saturated heterocycles. The fourth-order valence-electron chi connectivity index (χ4n) is 2.37. The van der Waals surface area contributed by atoms with Gasteiger partial charge in [-0.3, -0.25) is 4.79 Å². The summed E-state index contributed by atoms with van der Waals surface area (Å²) in [4.78, 5) is 12.1. The molecule has 0 aliphatic carbocycles. The third-order valence-electron chi connectivity index (χ3n) is 3.62. The van der Waals surface area contributed by atoms with Crippen molar-refractivity contribution in [2.24, 2.45) is 5.92 Å². The monoisotopic (exact) mass is 262 g/mol. The lowest BCUT2D eigenvalue weighted by molar-refractivity contribution is 0.0950. The van der Waals surface area contributed by atoms with Crippen molar-refractivity contribution in [3.63, 3.8) is 0 Å². The van der Waals surface area contributed by atoms with Gasteiger partial charge in [-0.1, -0.05) is 0 Å². The second-order valence-electron chi connectivity index (χ2n) is 5.05. The molecule has 0 spiro atoms. The van der Waals surface area contributed by atoms with Crippen molar-refractivity contribution in [1.29, 1.82) is 0 Å². The van der Waals surface area contributed by atoms with E-state index in [0.29, 0.717) is 5.92 Å². The molecule has 2 rings (SSSR count). The SMILES string of the molecule is CNc1ccc(C(=O)NCCC2CCOC2)c(C)c1. The zero-order chi connectivity index (χ0) is 13.7. The molecule has 2 N–H and O–H groups in total. The Kier molecular flexibility index (Phi) is 4.80. The Morgan fingerprint density at radius 3 is 2.95 bits per heavy atom. The highest BCUT2D eigenvalue weighted by Gasteiger charge is 2.16. The molecule has 0 bridgehead atoms. The number of hydrogen-bond acceptors (Lipinski definition) is 3. The minimum atomic E-state index is 0.0130. The molecule has 4 heteroatoms. The van der Waals surface area contributed by atoms with Gasteiger partial charge in [-0.15, -0.1) is 0 Å². The minimum absolute atomic E-state index is 0.0130. The van der Waals surface area contributed by atoms with Crippen LogP contribution in [0.3, 0.4) is 0 Å². The van der Waals surface area contributed by atoms with Crippen molar-refractivity contribution in [1.82, 2.24) is 5.32 Å². The summed E-state index contributed by atoms with van der Waals surface area (Å²) in [5, 5.41) is 6.06. The summed E-state index contributed by atoms with van der Waals surface area (Å²) < 4.78 is 5.32. The van der Waals surface area contributed by atoms with Gasteiger partial charge in [-0.25, -0.2) is 0 Å². The molecule has 4 nitrogen and oxygen atoms in total. The second kappa shape index (κ2) is 6.57. The Bertz CT molecular complexity index is 440. The van der Waals surface area contributed by atoms with E-state index < -0.39 is 0 Å². The predicted octanol–water partition coefficient (Wildman–Crippen LogP) is 2.19. The Morgan fingerprint density at radius 1 is 1.47 bits per heavy atom. The minimum Gasteiger partial charge on any atom is -0.388 e. The zero-order valence-corrected chi connectivity index (χ0v) is 11.7. The average molecular weight is 262 g/mol. The van der Waals surface area contributed by atoms with Crippen LogP contribution in [-0.2, 0) is 4.74 Å². The molecular weight excluding hydrogens is 240 g/mol. The topological polar surface area (TPSA) is 50.4 Å². The smallest absolute Gasteiger partial charge is 0.251 e. The van der Waals surface area contributed by atoms with Crippen LogP contribution in [0.1, 0.15) is 28.8 Å². The van der Waals surface area contributed by atoms with Crippen LogP contribution < -0.4 is 10.6 Å². The van der Waals surface area contributed by atoms with Crippen LogP contribution in [0.4, 0.5) is 5.69 Å². The van der Waals surface area contributed by atoms with E-state index in [-0.39, 0.29) is 5.91 Å². The van der Waals surface area contributed by atoms with Crippen molar-refractivity contribution in [3.05, 3.63) is 29.3 Å². The Labute approximate surface area is 114 Å². The molecule has 0 radical (unpaired) electrons. The van der Waals surface area contributed by atoms with Gasteiger partial charge in [0.1, 0.15) is 0 Å². The molecular formula is C15H22N2O2. The van der Waals surface area contributed by atoms with Crippen molar-refractivity contribution in [2.75, 3.05) is 32.1 Å². The van der Waals surface area contributed by atoms with Crippen molar-refractivity contribution in [3.8, 4) is 0 Å². The number of anilines is 1. The van der Waals surface area contributed by atoms with E-state index >= 15 is 0 Å². The van der Waals surface area contributed by atoms with Crippen molar-refractivity contribution >= 4 is 11.6 Å². The summed E-state index contributed by atoms with van der Waals surface area (Å²) in [6.07, 6.45) is 2.12. The second-order valence-corrected chi connectivity index (χ2v) is 5.05. The molecule has 1 aliphatic heterocycles. The lowest BCUT2D eigenvalue weighted by Gasteiger charge is -2.11. The molecule has 1 amide bonds. The van der Waals surface area contributed by atoms with E-state index in [1.165, 1.54) is 0 Å². The molecule has 1 heterocycles. The van der Waals surface area contributed by atoms with Crippen LogP contribution in [0, 0.1) is 12.8 Å². The highest BCUT2D eigenvalue weighted by atomic mass is 16.5. The molecule has 0 aromatic heterocycles. The van der Waals surface area contributed by atoms with Crippen LogP contribution in [0.25, 0.3) is 0 Å². The van der Waals surface area contributed by atoms with E-state index in [0.717, 1.165) is 49.4 Å². The molecule has 1 aliphatic rings. The van der Waals surface area contributed by atoms with Gasteiger partial charge in [0.15, 0.2) is 0 Å². The van der Waals surface area contributed by atoms with Gasteiger partial charge in [0.05, 0.1) is 0 Å².